The van der Waals surface area contributed by atoms with Crippen LogP contribution in [-0.4, -0.2) is 17.5 Å². The molecule has 1 aliphatic carbocycles. The number of ether oxygens (including phenoxy) is 1. The third-order valence-electron chi connectivity index (χ3n) is 5.36. The van der Waals surface area contributed by atoms with Crippen LogP contribution >= 0.6 is 0 Å². The molecule has 138 valence electrons. The Labute approximate surface area is 157 Å². The number of esters is 1. The van der Waals surface area contributed by atoms with Gasteiger partial charge in [0.25, 0.3) is 5.69 Å². The van der Waals surface area contributed by atoms with Crippen molar-refractivity contribution in [1.82, 2.24) is 0 Å². The second kappa shape index (κ2) is 6.87. The summed E-state index contributed by atoms with van der Waals surface area (Å²) in [5, 5.41) is 15.0. The number of rotatable bonds is 4. The van der Waals surface area contributed by atoms with E-state index in [1.54, 1.807) is 25.1 Å². The summed E-state index contributed by atoms with van der Waals surface area (Å²) < 4.78 is 5.20. The van der Waals surface area contributed by atoms with Gasteiger partial charge in [0.2, 0.25) is 0 Å². The van der Waals surface area contributed by atoms with Crippen LogP contribution in [0.4, 0.5) is 11.4 Å². The minimum atomic E-state index is -0.386. The zero-order chi connectivity index (χ0) is 19.0. The fourth-order valence-corrected chi connectivity index (χ4v) is 4.23. The monoisotopic (exact) mass is 364 g/mol. The summed E-state index contributed by atoms with van der Waals surface area (Å²) in [6.45, 7) is 2.06. The van der Waals surface area contributed by atoms with E-state index in [4.69, 9.17) is 4.74 Å². The SMILES string of the molecule is CCOC(=O)c1cccc2c1N[C@@H](c1ccccc1[N+](=O)[O-])[C@@H]1CC=C[C@H]21. The number of nitrogens with one attached hydrogen (secondary N) is 1. The molecule has 0 radical (unpaired) electrons. The highest BCUT2D eigenvalue weighted by Gasteiger charge is 2.41. The molecule has 0 amide bonds. The molecule has 1 aliphatic heterocycles. The first-order valence-electron chi connectivity index (χ1n) is 9.08. The molecule has 0 spiro atoms. The Hall–Kier alpha value is -3.15. The average molecular weight is 364 g/mol. The summed E-state index contributed by atoms with van der Waals surface area (Å²) in [7, 11) is 0. The molecule has 0 unspecified atom stereocenters. The highest BCUT2D eigenvalue weighted by atomic mass is 16.6. The molecule has 1 heterocycles. The Balaban J connectivity index is 1.84. The normalized spacial score (nSPS) is 22.5. The van der Waals surface area contributed by atoms with Crippen LogP contribution in [0.2, 0.25) is 0 Å². The van der Waals surface area contributed by atoms with Gasteiger partial charge in [0.15, 0.2) is 0 Å². The van der Waals surface area contributed by atoms with Crippen molar-refractivity contribution >= 4 is 17.3 Å². The van der Waals surface area contributed by atoms with Crippen molar-refractivity contribution in [2.24, 2.45) is 5.92 Å². The molecule has 0 saturated carbocycles. The Kier molecular flexibility index (Phi) is 4.39. The number of nitro benzene ring substituents is 1. The maximum atomic E-state index is 12.4. The fraction of sp³-hybridized carbons (Fsp3) is 0.286. The highest BCUT2D eigenvalue weighted by Crippen LogP contribution is 2.51. The number of nitro groups is 1. The summed E-state index contributed by atoms with van der Waals surface area (Å²) >= 11 is 0. The standard InChI is InChI=1S/C21H20N2O4/c1-2-27-21(24)17-11-6-10-15-13-8-5-9-14(13)19(22-20(15)17)16-7-3-4-12-18(16)23(25)26/h3-8,10-14,19,22H,2,9H2,1H3/t13-,14+,19+/m0/s1. The number of fused-ring (bicyclic) bond motifs is 3. The minimum absolute atomic E-state index is 0.0951. The summed E-state index contributed by atoms with van der Waals surface area (Å²) in [5.41, 5.74) is 2.96. The maximum absolute atomic E-state index is 12.4. The topological polar surface area (TPSA) is 81.5 Å². The molecule has 2 aromatic carbocycles. The Morgan fingerprint density at radius 2 is 2.00 bits per heavy atom. The van der Waals surface area contributed by atoms with Gasteiger partial charge in [0.05, 0.1) is 34.4 Å². The third-order valence-corrected chi connectivity index (χ3v) is 5.36. The van der Waals surface area contributed by atoms with Gasteiger partial charge in [-0.15, -0.1) is 0 Å². The van der Waals surface area contributed by atoms with E-state index in [-0.39, 0.29) is 34.5 Å². The van der Waals surface area contributed by atoms with Crippen LogP contribution in [0.25, 0.3) is 0 Å². The predicted octanol–water partition coefficient (Wildman–Crippen LogP) is 4.60. The number of benzene rings is 2. The van der Waals surface area contributed by atoms with E-state index >= 15 is 0 Å². The fourth-order valence-electron chi connectivity index (χ4n) is 4.23. The van der Waals surface area contributed by atoms with Gasteiger partial charge in [0, 0.05) is 12.0 Å². The minimum Gasteiger partial charge on any atom is -0.462 e. The van der Waals surface area contributed by atoms with Crippen molar-refractivity contribution in [2.75, 3.05) is 11.9 Å². The van der Waals surface area contributed by atoms with E-state index in [1.165, 1.54) is 6.07 Å². The first-order chi connectivity index (χ1) is 13.1. The summed E-state index contributed by atoms with van der Waals surface area (Å²) in [4.78, 5) is 23.6. The van der Waals surface area contributed by atoms with Gasteiger partial charge in [-0.05, 0) is 30.9 Å². The lowest BCUT2D eigenvalue weighted by atomic mass is 9.76. The van der Waals surface area contributed by atoms with Crippen LogP contribution in [0.15, 0.2) is 54.6 Å². The number of hydrogen-bond donors (Lipinski definition) is 1. The zero-order valence-corrected chi connectivity index (χ0v) is 14.9. The second-order valence-electron chi connectivity index (χ2n) is 6.78. The molecule has 0 bridgehead atoms. The van der Waals surface area contributed by atoms with Crippen molar-refractivity contribution < 1.29 is 14.5 Å². The summed E-state index contributed by atoms with van der Waals surface area (Å²) in [6.07, 6.45) is 5.09. The molecular weight excluding hydrogens is 344 g/mol. The van der Waals surface area contributed by atoms with Gasteiger partial charge in [-0.3, -0.25) is 10.1 Å². The maximum Gasteiger partial charge on any atom is 0.340 e. The molecule has 6 nitrogen and oxygen atoms in total. The smallest absolute Gasteiger partial charge is 0.340 e. The van der Waals surface area contributed by atoms with Crippen LogP contribution < -0.4 is 5.32 Å². The molecule has 6 heteroatoms. The largest absolute Gasteiger partial charge is 0.462 e. The number of allylic oxidation sites excluding steroid dienone is 2. The van der Waals surface area contributed by atoms with Crippen LogP contribution in [0.3, 0.4) is 0 Å². The van der Waals surface area contributed by atoms with Gasteiger partial charge in [-0.2, -0.15) is 0 Å². The molecule has 2 aromatic rings. The predicted molar refractivity (Wildman–Crippen MR) is 102 cm³/mol. The Morgan fingerprint density at radius 3 is 2.78 bits per heavy atom. The summed E-state index contributed by atoms with van der Waals surface area (Å²) in [6, 6.07) is 12.2. The van der Waals surface area contributed by atoms with Crippen molar-refractivity contribution in [3.8, 4) is 0 Å². The number of anilines is 1. The number of hydrogen-bond acceptors (Lipinski definition) is 5. The first-order valence-corrected chi connectivity index (χ1v) is 9.08. The Morgan fingerprint density at radius 1 is 1.22 bits per heavy atom. The van der Waals surface area contributed by atoms with Crippen molar-refractivity contribution in [3.05, 3.63) is 81.4 Å². The number of nitrogens with zero attached hydrogens (tertiary/aromatic N) is 1. The number of carbonyl (C=O) groups is 1. The van der Waals surface area contributed by atoms with Gasteiger partial charge < -0.3 is 10.1 Å². The molecule has 0 fully saturated rings. The van der Waals surface area contributed by atoms with Gasteiger partial charge >= 0.3 is 5.97 Å². The molecular formula is C21H20N2O4. The van der Waals surface area contributed by atoms with Gasteiger partial charge in [0.1, 0.15) is 0 Å². The van der Waals surface area contributed by atoms with E-state index in [9.17, 15) is 14.9 Å². The molecule has 27 heavy (non-hydrogen) atoms. The van der Waals surface area contributed by atoms with Gasteiger partial charge in [-0.25, -0.2) is 4.79 Å². The highest BCUT2D eigenvalue weighted by molar-refractivity contribution is 5.97. The first kappa shape index (κ1) is 17.3. The quantitative estimate of drug-likeness (QED) is 0.371. The van der Waals surface area contributed by atoms with E-state index in [0.29, 0.717) is 23.4 Å². The van der Waals surface area contributed by atoms with Crippen LogP contribution in [0.1, 0.15) is 46.8 Å². The van der Waals surface area contributed by atoms with E-state index < -0.39 is 0 Å². The van der Waals surface area contributed by atoms with E-state index in [1.807, 2.05) is 18.2 Å². The van der Waals surface area contributed by atoms with Crippen molar-refractivity contribution in [3.63, 3.8) is 0 Å². The van der Waals surface area contributed by atoms with Crippen molar-refractivity contribution in [2.45, 2.75) is 25.3 Å². The summed E-state index contributed by atoms with van der Waals surface area (Å²) in [5.74, 6) is -0.111. The molecule has 0 saturated heterocycles. The molecule has 4 rings (SSSR count). The second-order valence-corrected chi connectivity index (χ2v) is 6.78. The van der Waals surface area contributed by atoms with Crippen LogP contribution in [0.5, 0.6) is 0 Å². The van der Waals surface area contributed by atoms with Crippen LogP contribution in [0, 0.1) is 16.0 Å². The molecule has 0 aromatic heterocycles. The molecule has 3 atom stereocenters. The third kappa shape index (κ3) is 2.87. The molecule has 1 N–H and O–H groups in total. The van der Waals surface area contributed by atoms with E-state index in [2.05, 4.69) is 17.5 Å². The Bertz CT molecular complexity index is 938. The number of para-hydroxylation sites is 2. The lowest BCUT2D eigenvalue weighted by Gasteiger charge is -2.38. The van der Waals surface area contributed by atoms with Crippen molar-refractivity contribution in [1.29, 1.82) is 0 Å². The van der Waals surface area contributed by atoms with Crippen LogP contribution in [-0.2, 0) is 4.74 Å². The lowest BCUT2D eigenvalue weighted by molar-refractivity contribution is -0.385. The van der Waals surface area contributed by atoms with E-state index in [0.717, 1.165) is 12.0 Å². The van der Waals surface area contributed by atoms with Gasteiger partial charge in [-0.1, -0.05) is 42.5 Å². The number of carbonyl (C=O) groups excluding carboxylic acids is 1. The molecule has 2 aliphatic rings. The zero-order valence-electron chi connectivity index (χ0n) is 14.9. The average Bonchev–Trinajstić information content (AvgIpc) is 3.17. The lowest BCUT2D eigenvalue weighted by Crippen LogP contribution is -2.31.